The second-order valence-electron chi connectivity index (χ2n) is 9.87. The molecule has 0 amide bonds. The zero-order chi connectivity index (χ0) is 30.5. The van der Waals surface area contributed by atoms with Crippen molar-refractivity contribution in [2.24, 2.45) is 0 Å². The lowest BCUT2D eigenvalue weighted by Gasteiger charge is -2.49. The Morgan fingerprint density at radius 2 is 1.10 bits per heavy atom. The highest BCUT2D eigenvalue weighted by Crippen LogP contribution is 2.34. The summed E-state index contributed by atoms with van der Waals surface area (Å²) < 4.78 is 82.6. The molecule has 14 nitrogen and oxygen atoms in total. The molecule has 0 aromatic rings. The van der Waals surface area contributed by atoms with Crippen LogP contribution in [0.5, 0.6) is 0 Å². The van der Waals surface area contributed by atoms with Crippen LogP contribution in [0, 0.1) is 0 Å². The highest BCUT2D eigenvalue weighted by atomic mass is 16.8. The monoisotopic (exact) mass is 600 g/mol. The molecule has 41 heavy (non-hydrogen) atoms. The molecule has 0 N–H and O–H groups in total. The third-order valence-electron chi connectivity index (χ3n) is 7.58. The summed E-state index contributed by atoms with van der Waals surface area (Å²) in [6.45, 7) is 2.53. The minimum Gasteiger partial charge on any atom is -0.382 e. The zero-order valence-electron chi connectivity index (χ0n) is 26.3. The highest BCUT2D eigenvalue weighted by molar-refractivity contribution is 4.96. The Morgan fingerprint density at radius 3 is 1.59 bits per heavy atom. The molecule has 2 heterocycles. The largest absolute Gasteiger partial charge is 0.382 e. The van der Waals surface area contributed by atoms with Gasteiger partial charge in [0.2, 0.25) is 0 Å². The summed E-state index contributed by atoms with van der Waals surface area (Å²) in [6, 6.07) is 0. The molecule has 0 spiro atoms. The van der Waals surface area contributed by atoms with Gasteiger partial charge >= 0.3 is 0 Å². The maximum Gasteiger partial charge on any atom is 0.187 e. The lowest BCUT2D eigenvalue weighted by molar-refractivity contribution is -0.379. The van der Waals surface area contributed by atoms with E-state index in [4.69, 9.17) is 66.3 Å². The van der Waals surface area contributed by atoms with Gasteiger partial charge in [-0.05, 0) is 6.92 Å². The van der Waals surface area contributed by atoms with Gasteiger partial charge in [0.25, 0.3) is 0 Å². The molecule has 2 rings (SSSR count). The first-order chi connectivity index (χ1) is 19.8. The minimum atomic E-state index is -0.998. The van der Waals surface area contributed by atoms with E-state index in [-0.39, 0.29) is 32.0 Å². The lowest BCUT2D eigenvalue weighted by atomic mass is 9.96. The maximum atomic E-state index is 6.62. The number of hydrogen-bond donors (Lipinski definition) is 0. The molecule has 0 aliphatic carbocycles. The zero-order valence-corrected chi connectivity index (χ0v) is 26.3. The van der Waals surface area contributed by atoms with Gasteiger partial charge in [0, 0.05) is 71.1 Å². The molecule has 0 radical (unpaired) electrons. The number of hydrogen-bond acceptors (Lipinski definition) is 14. The van der Waals surface area contributed by atoms with Crippen LogP contribution in [0.4, 0.5) is 0 Å². The Kier molecular flexibility index (Phi) is 16.9. The Bertz CT molecular complexity index is 688. The Balaban J connectivity index is 2.48. The Labute approximate surface area is 244 Å². The van der Waals surface area contributed by atoms with E-state index in [1.807, 2.05) is 6.92 Å². The van der Waals surface area contributed by atoms with Crippen molar-refractivity contribution < 1.29 is 66.3 Å². The van der Waals surface area contributed by atoms with Crippen molar-refractivity contribution in [2.75, 3.05) is 90.9 Å². The fourth-order valence-electron chi connectivity index (χ4n) is 5.62. The first-order valence-electron chi connectivity index (χ1n) is 13.6. The average Bonchev–Trinajstić information content (AvgIpc) is 2.97. The number of methoxy groups -OCH3 is 10. The molecule has 0 aromatic heterocycles. The van der Waals surface area contributed by atoms with Gasteiger partial charge in [0.15, 0.2) is 12.6 Å². The van der Waals surface area contributed by atoms with E-state index >= 15 is 0 Å². The van der Waals surface area contributed by atoms with Gasteiger partial charge < -0.3 is 66.3 Å². The van der Waals surface area contributed by atoms with E-state index in [0.717, 1.165) is 0 Å². The molecule has 13 unspecified atom stereocenters. The van der Waals surface area contributed by atoms with E-state index in [9.17, 15) is 0 Å². The molecule has 0 bridgehead atoms. The van der Waals surface area contributed by atoms with Gasteiger partial charge in [0.1, 0.15) is 61.0 Å². The number of rotatable bonds is 19. The van der Waals surface area contributed by atoms with Crippen LogP contribution < -0.4 is 0 Å². The molecule has 13 atom stereocenters. The maximum absolute atomic E-state index is 6.62. The summed E-state index contributed by atoms with van der Waals surface area (Å²) in [6.07, 6.45) is -8.06. The van der Waals surface area contributed by atoms with E-state index < -0.39 is 67.5 Å². The van der Waals surface area contributed by atoms with Crippen molar-refractivity contribution in [2.45, 2.75) is 86.6 Å². The smallest absolute Gasteiger partial charge is 0.187 e. The lowest BCUT2D eigenvalue weighted by Crippen LogP contribution is -2.66. The average molecular weight is 601 g/mol. The molecule has 2 fully saturated rings. The molecular weight excluding hydrogens is 548 g/mol. The van der Waals surface area contributed by atoms with Crippen LogP contribution in [0.3, 0.4) is 0 Å². The van der Waals surface area contributed by atoms with Gasteiger partial charge in [0.05, 0.1) is 25.9 Å². The van der Waals surface area contributed by atoms with Crippen LogP contribution in [-0.2, 0) is 66.3 Å². The standard InChI is InChI=1S/C27H52O14/c1-15-19(32-6)22(35-9)24(37-11)26(38-15)41-25-23(36-10)21(34-8)18(14-30-4)40-27(25)39-17(13-29-3)20(33-7)16(31-5)12-28-2/h15-27H,12-14H2,1-11H3. The first-order valence-corrected chi connectivity index (χ1v) is 13.6. The minimum absolute atomic E-state index is 0.161. The number of ether oxygens (including phenoxy) is 14. The van der Waals surface area contributed by atoms with Crippen molar-refractivity contribution in [3.63, 3.8) is 0 Å². The van der Waals surface area contributed by atoms with Crippen LogP contribution in [0.25, 0.3) is 0 Å². The third kappa shape index (κ3) is 8.99. The van der Waals surface area contributed by atoms with E-state index in [1.54, 1.807) is 71.1 Å². The van der Waals surface area contributed by atoms with Gasteiger partial charge in [-0.25, -0.2) is 0 Å². The predicted molar refractivity (Wildman–Crippen MR) is 144 cm³/mol. The summed E-state index contributed by atoms with van der Waals surface area (Å²) in [4.78, 5) is 0. The van der Waals surface area contributed by atoms with Crippen molar-refractivity contribution in [3.05, 3.63) is 0 Å². The van der Waals surface area contributed by atoms with Crippen LogP contribution in [0.15, 0.2) is 0 Å². The molecule has 0 aromatic carbocycles. The molecule has 244 valence electrons. The molecule has 0 saturated carbocycles. The van der Waals surface area contributed by atoms with E-state index in [0.29, 0.717) is 0 Å². The predicted octanol–water partition coefficient (Wildman–Crippen LogP) is 0.271. The SMILES string of the molecule is COCC(OC)C(OC)C(COC)OC1OC(COC)C(OC)C(OC)C1OC1OC(C)C(OC)C(OC)C1OC. The summed E-state index contributed by atoms with van der Waals surface area (Å²) in [5.74, 6) is 0. The van der Waals surface area contributed by atoms with Crippen molar-refractivity contribution in [3.8, 4) is 0 Å². The fraction of sp³-hybridized carbons (Fsp3) is 1.00. The summed E-state index contributed by atoms with van der Waals surface area (Å²) in [5.41, 5.74) is 0. The van der Waals surface area contributed by atoms with E-state index in [1.165, 1.54) is 0 Å². The van der Waals surface area contributed by atoms with Gasteiger partial charge in [-0.2, -0.15) is 0 Å². The van der Waals surface area contributed by atoms with Crippen LogP contribution in [0.1, 0.15) is 6.92 Å². The fourth-order valence-corrected chi connectivity index (χ4v) is 5.62. The summed E-state index contributed by atoms with van der Waals surface area (Å²) in [5, 5.41) is 0. The van der Waals surface area contributed by atoms with Gasteiger partial charge in [-0.3, -0.25) is 0 Å². The van der Waals surface area contributed by atoms with Crippen LogP contribution in [-0.4, -0.2) is 171 Å². The normalized spacial score (nSPS) is 36.7. The first kappa shape index (κ1) is 36.6. The van der Waals surface area contributed by atoms with Gasteiger partial charge in [-0.15, -0.1) is 0 Å². The second kappa shape index (κ2) is 19.0. The van der Waals surface area contributed by atoms with Gasteiger partial charge in [-0.1, -0.05) is 0 Å². The topological polar surface area (TPSA) is 129 Å². The second-order valence-corrected chi connectivity index (χ2v) is 9.87. The Hall–Kier alpha value is -0.560. The molecule has 2 aliphatic heterocycles. The van der Waals surface area contributed by atoms with Crippen LogP contribution >= 0.6 is 0 Å². The molecule has 2 aliphatic rings. The third-order valence-corrected chi connectivity index (χ3v) is 7.58. The van der Waals surface area contributed by atoms with Crippen LogP contribution in [0.2, 0.25) is 0 Å². The molecule has 14 heteroatoms. The van der Waals surface area contributed by atoms with Crippen molar-refractivity contribution >= 4 is 0 Å². The van der Waals surface area contributed by atoms with Crippen molar-refractivity contribution in [1.29, 1.82) is 0 Å². The summed E-state index contributed by atoms with van der Waals surface area (Å²) >= 11 is 0. The molecule has 2 saturated heterocycles. The molecular formula is C27H52O14. The van der Waals surface area contributed by atoms with Crippen molar-refractivity contribution in [1.82, 2.24) is 0 Å². The highest BCUT2D eigenvalue weighted by Gasteiger charge is 2.53. The quantitative estimate of drug-likeness (QED) is 0.201. The summed E-state index contributed by atoms with van der Waals surface area (Å²) in [7, 11) is 15.8. The Morgan fingerprint density at radius 1 is 0.537 bits per heavy atom. The van der Waals surface area contributed by atoms with E-state index in [2.05, 4.69) is 0 Å².